The van der Waals surface area contributed by atoms with E-state index in [-0.39, 0.29) is 0 Å². The van der Waals surface area contributed by atoms with Crippen LogP contribution in [0, 0.1) is 0 Å². The van der Waals surface area contributed by atoms with E-state index >= 15 is 0 Å². The summed E-state index contributed by atoms with van der Waals surface area (Å²) in [5, 5.41) is 3.50. The lowest BCUT2D eigenvalue weighted by molar-refractivity contribution is 0.655. The van der Waals surface area contributed by atoms with Crippen molar-refractivity contribution >= 4 is 55.0 Å². The Morgan fingerprint density at radius 1 is 0.452 bits per heavy atom. The highest BCUT2D eigenvalue weighted by molar-refractivity contribution is 6.09. The molecule has 0 aliphatic carbocycles. The van der Waals surface area contributed by atoms with Gasteiger partial charge in [0.1, 0.15) is 11.1 Å². The lowest BCUT2D eigenvalue weighted by atomic mass is 9.98. The summed E-state index contributed by atoms with van der Waals surface area (Å²) < 4.78 is 8.44. The van der Waals surface area contributed by atoms with Crippen LogP contribution < -0.4 is 0 Å². The highest BCUT2D eigenvalue weighted by Crippen LogP contribution is 2.35. The van der Waals surface area contributed by atoms with Crippen LogP contribution in [0.4, 0.5) is 0 Å². The SMILES string of the molecule is c1cc(-c2cccc(-n3c4ccccc4c4ccccc43)c2)cc(-c2ccc3oc4nc5ccccc5nc4c3c2)c1. The summed E-state index contributed by atoms with van der Waals surface area (Å²) in [7, 11) is 0. The Morgan fingerprint density at radius 3 is 1.79 bits per heavy atom. The van der Waals surface area contributed by atoms with Crippen LogP contribution in [0.2, 0.25) is 0 Å². The second kappa shape index (κ2) is 8.88. The van der Waals surface area contributed by atoms with E-state index in [2.05, 4.69) is 114 Å². The number of nitrogens with zero attached hydrogens (tertiary/aromatic N) is 3. The molecule has 9 aromatic rings. The maximum Gasteiger partial charge on any atom is 0.246 e. The smallest absolute Gasteiger partial charge is 0.246 e. The molecule has 0 aliphatic heterocycles. The van der Waals surface area contributed by atoms with Gasteiger partial charge in [-0.05, 0) is 76.9 Å². The molecule has 0 bridgehead atoms. The molecule has 0 saturated heterocycles. The van der Waals surface area contributed by atoms with E-state index in [1.807, 2.05) is 30.3 Å². The summed E-state index contributed by atoms with van der Waals surface area (Å²) in [6.45, 7) is 0. The molecule has 0 fully saturated rings. The third-order valence-electron chi connectivity index (χ3n) is 8.19. The van der Waals surface area contributed by atoms with Crippen molar-refractivity contribution in [3.8, 4) is 27.9 Å². The number of para-hydroxylation sites is 4. The number of hydrogen-bond acceptors (Lipinski definition) is 3. The first-order valence-electron chi connectivity index (χ1n) is 14.1. The predicted octanol–water partition coefficient (Wildman–Crippen LogP) is 9.96. The molecule has 4 nitrogen and oxygen atoms in total. The van der Waals surface area contributed by atoms with Gasteiger partial charge in [0.15, 0.2) is 0 Å². The summed E-state index contributed by atoms with van der Waals surface area (Å²) >= 11 is 0. The molecule has 0 amide bonds. The Labute approximate surface area is 241 Å². The Bertz CT molecular complexity index is 2430. The van der Waals surface area contributed by atoms with Crippen molar-refractivity contribution in [2.45, 2.75) is 0 Å². The van der Waals surface area contributed by atoms with Crippen LogP contribution in [0.5, 0.6) is 0 Å². The van der Waals surface area contributed by atoms with Crippen LogP contribution in [-0.4, -0.2) is 14.5 Å². The quantitative estimate of drug-likeness (QED) is 0.225. The molecule has 4 heteroatoms. The Balaban J connectivity index is 1.16. The van der Waals surface area contributed by atoms with E-state index in [9.17, 15) is 0 Å². The molecule has 3 aromatic heterocycles. The third kappa shape index (κ3) is 3.49. The largest absolute Gasteiger partial charge is 0.436 e. The fourth-order valence-corrected chi connectivity index (χ4v) is 6.22. The van der Waals surface area contributed by atoms with E-state index in [1.165, 1.54) is 27.4 Å². The van der Waals surface area contributed by atoms with E-state index in [0.717, 1.165) is 49.9 Å². The molecule has 0 aliphatic rings. The van der Waals surface area contributed by atoms with Gasteiger partial charge < -0.3 is 8.98 Å². The monoisotopic (exact) mass is 537 g/mol. The number of rotatable bonds is 3. The van der Waals surface area contributed by atoms with Crippen molar-refractivity contribution in [2.75, 3.05) is 0 Å². The van der Waals surface area contributed by atoms with Crippen molar-refractivity contribution < 1.29 is 4.42 Å². The van der Waals surface area contributed by atoms with Gasteiger partial charge >= 0.3 is 0 Å². The standard InChI is InChI=1S/C38H23N3O/c1-5-17-34-29(13-1)30-14-2-6-18-35(30)41(34)28-12-8-11-26(22-28)24-9-7-10-25(21-24)27-19-20-36-31(23-27)37-38(42-36)40-33-16-4-3-15-32(33)39-37/h1-23H. The van der Waals surface area contributed by atoms with Gasteiger partial charge in [-0.3, -0.25) is 0 Å². The fourth-order valence-electron chi connectivity index (χ4n) is 6.22. The molecule has 0 saturated carbocycles. The van der Waals surface area contributed by atoms with E-state index in [1.54, 1.807) is 0 Å². The zero-order valence-corrected chi connectivity index (χ0v) is 22.5. The minimum Gasteiger partial charge on any atom is -0.436 e. The first kappa shape index (κ1) is 23.0. The first-order valence-corrected chi connectivity index (χ1v) is 14.1. The van der Waals surface area contributed by atoms with Gasteiger partial charge in [0.25, 0.3) is 0 Å². The average Bonchev–Trinajstić information content (AvgIpc) is 3.58. The van der Waals surface area contributed by atoms with Gasteiger partial charge in [0.2, 0.25) is 5.71 Å². The van der Waals surface area contributed by atoms with Gasteiger partial charge in [-0.2, -0.15) is 0 Å². The third-order valence-corrected chi connectivity index (χ3v) is 8.19. The maximum absolute atomic E-state index is 6.08. The average molecular weight is 538 g/mol. The van der Waals surface area contributed by atoms with Gasteiger partial charge in [-0.25, -0.2) is 9.97 Å². The minimum atomic E-state index is 0.566. The molecule has 3 heterocycles. The highest BCUT2D eigenvalue weighted by atomic mass is 16.3. The zero-order valence-electron chi connectivity index (χ0n) is 22.5. The van der Waals surface area contributed by atoms with Crippen LogP contribution in [0.3, 0.4) is 0 Å². The summed E-state index contributed by atoms with van der Waals surface area (Å²) in [4.78, 5) is 9.59. The zero-order chi connectivity index (χ0) is 27.6. The molecule has 6 aromatic carbocycles. The predicted molar refractivity (Wildman–Crippen MR) is 172 cm³/mol. The van der Waals surface area contributed by atoms with Crippen molar-refractivity contribution in [2.24, 2.45) is 0 Å². The van der Waals surface area contributed by atoms with Gasteiger partial charge in [-0.1, -0.05) is 84.9 Å². The second-order valence-corrected chi connectivity index (χ2v) is 10.7. The van der Waals surface area contributed by atoms with E-state index in [0.29, 0.717) is 5.71 Å². The molecule has 42 heavy (non-hydrogen) atoms. The van der Waals surface area contributed by atoms with Crippen LogP contribution in [0.25, 0.3) is 83.0 Å². The van der Waals surface area contributed by atoms with E-state index < -0.39 is 0 Å². The summed E-state index contributed by atoms with van der Waals surface area (Å²) in [6, 6.07) is 49.0. The molecule has 196 valence electrons. The van der Waals surface area contributed by atoms with Crippen LogP contribution in [0.15, 0.2) is 144 Å². The first-order chi connectivity index (χ1) is 20.8. The van der Waals surface area contributed by atoms with Gasteiger partial charge in [0, 0.05) is 21.8 Å². The molecule has 0 radical (unpaired) electrons. The van der Waals surface area contributed by atoms with Crippen molar-refractivity contribution in [3.05, 3.63) is 140 Å². The summed E-state index contributed by atoms with van der Waals surface area (Å²) in [5.41, 5.74) is 12.0. The molecular weight excluding hydrogens is 514 g/mol. The van der Waals surface area contributed by atoms with Gasteiger partial charge in [0.05, 0.1) is 22.1 Å². The lowest BCUT2D eigenvalue weighted by Crippen LogP contribution is -1.94. The summed E-state index contributed by atoms with van der Waals surface area (Å²) in [6.07, 6.45) is 0. The molecule has 9 rings (SSSR count). The second-order valence-electron chi connectivity index (χ2n) is 10.7. The molecule has 0 N–H and O–H groups in total. The number of fused-ring (bicyclic) bond motifs is 7. The van der Waals surface area contributed by atoms with Crippen molar-refractivity contribution in [1.82, 2.24) is 14.5 Å². The number of benzene rings is 6. The topological polar surface area (TPSA) is 43.9 Å². The Hall–Kier alpha value is -5.74. The van der Waals surface area contributed by atoms with Crippen LogP contribution in [0.1, 0.15) is 0 Å². The van der Waals surface area contributed by atoms with Gasteiger partial charge in [-0.15, -0.1) is 0 Å². The number of aromatic nitrogens is 3. The summed E-state index contributed by atoms with van der Waals surface area (Å²) in [5.74, 6) is 0. The Kier molecular flexibility index (Phi) is 4.87. The minimum absolute atomic E-state index is 0.566. The molecule has 0 unspecified atom stereocenters. The molecular formula is C38H23N3O. The lowest BCUT2D eigenvalue weighted by Gasteiger charge is -2.11. The molecule has 0 atom stereocenters. The Morgan fingerprint density at radius 2 is 1.05 bits per heavy atom. The van der Waals surface area contributed by atoms with Crippen molar-refractivity contribution in [1.29, 1.82) is 0 Å². The van der Waals surface area contributed by atoms with Crippen LogP contribution >= 0.6 is 0 Å². The van der Waals surface area contributed by atoms with Crippen LogP contribution in [-0.2, 0) is 0 Å². The number of hydrogen-bond donors (Lipinski definition) is 0. The maximum atomic E-state index is 6.08. The normalized spacial score (nSPS) is 11.8. The highest BCUT2D eigenvalue weighted by Gasteiger charge is 2.14. The van der Waals surface area contributed by atoms with E-state index in [4.69, 9.17) is 14.4 Å². The van der Waals surface area contributed by atoms with Crippen molar-refractivity contribution in [3.63, 3.8) is 0 Å². The number of furan rings is 1. The molecule has 0 spiro atoms. The fraction of sp³-hybridized carbons (Fsp3) is 0.